The molecule has 5 rings (SSSR count). The number of carbonyl (C=O) groups is 1. The van der Waals surface area contributed by atoms with Crippen molar-refractivity contribution < 1.29 is 9.18 Å². The van der Waals surface area contributed by atoms with Crippen LogP contribution in [0.3, 0.4) is 0 Å². The fraction of sp³-hybridized carbons (Fsp3) is 0.481. The first-order valence-corrected chi connectivity index (χ1v) is 11.7. The lowest BCUT2D eigenvalue weighted by Gasteiger charge is -2.50. The lowest BCUT2D eigenvalue weighted by molar-refractivity contribution is 0.0884. The van der Waals surface area contributed by atoms with Crippen LogP contribution >= 0.6 is 0 Å². The molecule has 0 saturated heterocycles. The van der Waals surface area contributed by atoms with E-state index in [2.05, 4.69) is 42.4 Å². The van der Waals surface area contributed by atoms with Crippen LogP contribution in [0.15, 0.2) is 42.7 Å². The monoisotopic (exact) mass is 418 g/mol. The number of amides is 1. The SMILES string of the molecule is CCCNC(=O)c1ccc2c(c1)CCC1C2CCC2(C)C(c3cncc(F)c3)=CCC12. The lowest BCUT2D eigenvalue weighted by Crippen LogP contribution is -2.41. The van der Waals surface area contributed by atoms with Gasteiger partial charge in [0.1, 0.15) is 5.82 Å². The summed E-state index contributed by atoms with van der Waals surface area (Å²) in [7, 11) is 0. The minimum Gasteiger partial charge on any atom is -0.352 e. The summed E-state index contributed by atoms with van der Waals surface area (Å²) in [5.74, 6) is 1.57. The third-order valence-corrected chi connectivity index (χ3v) is 8.12. The Morgan fingerprint density at radius 1 is 1.26 bits per heavy atom. The minimum absolute atomic E-state index is 0.0383. The molecule has 0 spiro atoms. The van der Waals surface area contributed by atoms with Gasteiger partial charge in [0.15, 0.2) is 0 Å². The summed E-state index contributed by atoms with van der Waals surface area (Å²) in [4.78, 5) is 16.5. The second-order valence-corrected chi connectivity index (χ2v) is 9.79. The number of fused-ring (bicyclic) bond motifs is 5. The number of hydrogen-bond donors (Lipinski definition) is 1. The Bertz CT molecular complexity index is 1050. The first kappa shape index (κ1) is 20.4. The molecule has 31 heavy (non-hydrogen) atoms. The van der Waals surface area contributed by atoms with E-state index in [1.807, 2.05) is 12.3 Å². The fourth-order valence-electron chi connectivity index (χ4n) is 6.64. The number of halogens is 1. The van der Waals surface area contributed by atoms with Crippen LogP contribution in [0, 0.1) is 23.1 Å². The van der Waals surface area contributed by atoms with Crippen molar-refractivity contribution >= 4 is 11.5 Å². The van der Waals surface area contributed by atoms with Crippen LogP contribution in [0.25, 0.3) is 5.57 Å². The second-order valence-electron chi connectivity index (χ2n) is 9.79. The Hall–Kier alpha value is -2.49. The summed E-state index contributed by atoms with van der Waals surface area (Å²) in [6, 6.07) is 7.99. The van der Waals surface area contributed by atoms with Crippen LogP contribution in [0.4, 0.5) is 4.39 Å². The predicted molar refractivity (Wildman–Crippen MR) is 121 cm³/mol. The van der Waals surface area contributed by atoms with E-state index in [4.69, 9.17) is 0 Å². The molecule has 0 aliphatic heterocycles. The third kappa shape index (κ3) is 3.40. The van der Waals surface area contributed by atoms with E-state index in [9.17, 15) is 9.18 Å². The molecular weight excluding hydrogens is 387 g/mol. The maximum Gasteiger partial charge on any atom is 0.251 e. The number of nitrogens with zero attached hydrogens (tertiary/aromatic N) is 1. The van der Waals surface area contributed by atoms with Gasteiger partial charge in [-0.05, 0) is 102 Å². The second kappa shape index (κ2) is 7.89. The molecule has 162 valence electrons. The predicted octanol–water partition coefficient (Wildman–Crippen LogP) is 5.91. The van der Waals surface area contributed by atoms with E-state index in [1.165, 1.54) is 29.3 Å². The van der Waals surface area contributed by atoms with Gasteiger partial charge in [0.25, 0.3) is 5.91 Å². The number of pyridine rings is 1. The summed E-state index contributed by atoms with van der Waals surface area (Å²) in [5.41, 5.74) is 5.92. The highest BCUT2D eigenvalue weighted by Gasteiger charge is 2.51. The minimum atomic E-state index is -0.260. The molecule has 1 aromatic carbocycles. The lowest BCUT2D eigenvalue weighted by atomic mass is 9.54. The normalized spacial score (nSPS) is 28.9. The van der Waals surface area contributed by atoms with Crippen molar-refractivity contribution in [2.45, 2.75) is 58.3 Å². The summed E-state index contributed by atoms with van der Waals surface area (Å²) >= 11 is 0. The van der Waals surface area contributed by atoms with Crippen LogP contribution in [0.1, 0.15) is 78.9 Å². The van der Waals surface area contributed by atoms with Crippen LogP contribution in [-0.4, -0.2) is 17.4 Å². The first-order valence-electron chi connectivity index (χ1n) is 11.7. The zero-order chi connectivity index (χ0) is 21.6. The standard InChI is InChI=1S/C27H31FN2O/c1-3-12-30-26(31)18-5-6-21-17(13-18)4-7-23-22(21)10-11-27(2)24(8-9-25(23)27)19-14-20(28)16-29-15-19/h5-6,8,13-16,22-23,25H,3-4,7,9-12H2,1-2H3,(H,30,31). The van der Waals surface area contributed by atoms with Crippen LogP contribution in [0.2, 0.25) is 0 Å². The quantitative estimate of drug-likeness (QED) is 0.671. The van der Waals surface area contributed by atoms with E-state index < -0.39 is 0 Å². The van der Waals surface area contributed by atoms with Crippen molar-refractivity contribution in [2.75, 3.05) is 6.54 Å². The van der Waals surface area contributed by atoms with Crippen LogP contribution in [0.5, 0.6) is 0 Å². The van der Waals surface area contributed by atoms with Crippen molar-refractivity contribution in [1.29, 1.82) is 0 Å². The molecule has 3 nitrogen and oxygen atoms in total. The molecule has 3 aliphatic rings. The molecule has 1 saturated carbocycles. The molecule has 2 aromatic rings. The van der Waals surface area contributed by atoms with Crippen molar-refractivity contribution in [3.05, 3.63) is 70.8 Å². The van der Waals surface area contributed by atoms with Crippen molar-refractivity contribution in [2.24, 2.45) is 17.3 Å². The Balaban J connectivity index is 1.39. The maximum absolute atomic E-state index is 13.8. The number of nitrogens with one attached hydrogen (secondary N) is 1. The van der Waals surface area contributed by atoms with Crippen molar-refractivity contribution in [3.8, 4) is 0 Å². The van der Waals surface area contributed by atoms with Gasteiger partial charge in [-0.15, -0.1) is 0 Å². The number of aryl methyl sites for hydroxylation is 1. The van der Waals surface area contributed by atoms with Gasteiger partial charge in [0.2, 0.25) is 0 Å². The topological polar surface area (TPSA) is 42.0 Å². The van der Waals surface area contributed by atoms with Gasteiger partial charge in [0.05, 0.1) is 6.20 Å². The van der Waals surface area contributed by atoms with Crippen molar-refractivity contribution in [3.63, 3.8) is 0 Å². The smallest absolute Gasteiger partial charge is 0.251 e. The summed E-state index contributed by atoms with van der Waals surface area (Å²) < 4.78 is 13.8. The number of allylic oxidation sites excluding steroid dienone is 2. The largest absolute Gasteiger partial charge is 0.352 e. The Labute approximate surface area is 184 Å². The molecule has 1 fully saturated rings. The highest BCUT2D eigenvalue weighted by atomic mass is 19.1. The first-order chi connectivity index (χ1) is 15.0. The van der Waals surface area contributed by atoms with E-state index in [0.29, 0.717) is 17.8 Å². The molecular formula is C27H31FN2O. The van der Waals surface area contributed by atoms with Gasteiger partial charge in [-0.25, -0.2) is 4.39 Å². The van der Waals surface area contributed by atoms with Gasteiger partial charge in [0, 0.05) is 18.3 Å². The van der Waals surface area contributed by atoms with E-state index in [0.717, 1.165) is 49.8 Å². The Kier molecular flexibility index (Phi) is 5.19. The summed E-state index contributed by atoms with van der Waals surface area (Å²) in [5, 5.41) is 2.99. The molecule has 1 amide bonds. The highest BCUT2D eigenvalue weighted by molar-refractivity contribution is 5.94. The zero-order valence-corrected chi connectivity index (χ0v) is 18.5. The average molecular weight is 419 g/mol. The molecule has 1 heterocycles. The highest BCUT2D eigenvalue weighted by Crippen LogP contribution is 2.63. The molecule has 4 heteroatoms. The molecule has 0 radical (unpaired) electrons. The molecule has 1 aromatic heterocycles. The molecule has 4 atom stereocenters. The van der Waals surface area contributed by atoms with Gasteiger partial charge in [-0.3, -0.25) is 9.78 Å². The van der Waals surface area contributed by atoms with Crippen molar-refractivity contribution in [1.82, 2.24) is 10.3 Å². The molecule has 3 aliphatic carbocycles. The number of carbonyl (C=O) groups excluding carboxylic acids is 1. The van der Waals surface area contributed by atoms with Crippen LogP contribution in [-0.2, 0) is 6.42 Å². The van der Waals surface area contributed by atoms with E-state index in [1.54, 1.807) is 6.07 Å². The van der Waals surface area contributed by atoms with Gasteiger partial charge in [-0.2, -0.15) is 0 Å². The molecule has 4 unspecified atom stereocenters. The Morgan fingerprint density at radius 2 is 2.13 bits per heavy atom. The van der Waals surface area contributed by atoms with Gasteiger partial charge >= 0.3 is 0 Å². The number of hydrogen-bond acceptors (Lipinski definition) is 2. The van der Waals surface area contributed by atoms with Crippen LogP contribution < -0.4 is 5.32 Å². The maximum atomic E-state index is 13.8. The number of rotatable bonds is 4. The average Bonchev–Trinajstić information content (AvgIpc) is 3.14. The van der Waals surface area contributed by atoms with Gasteiger partial charge in [-0.1, -0.05) is 26.0 Å². The van der Waals surface area contributed by atoms with E-state index >= 15 is 0 Å². The van der Waals surface area contributed by atoms with Gasteiger partial charge < -0.3 is 5.32 Å². The zero-order valence-electron chi connectivity index (χ0n) is 18.5. The number of aromatic nitrogens is 1. The molecule has 1 N–H and O–H groups in total. The Morgan fingerprint density at radius 3 is 2.94 bits per heavy atom. The summed E-state index contributed by atoms with van der Waals surface area (Å²) in [6.45, 7) is 5.17. The number of benzene rings is 1. The molecule has 0 bridgehead atoms. The third-order valence-electron chi connectivity index (χ3n) is 8.12. The van der Waals surface area contributed by atoms with E-state index in [-0.39, 0.29) is 17.1 Å². The summed E-state index contributed by atoms with van der Waals surface area (Å²) in [6.07, 6.45) is 11.9. The fourth-order valence-corrected chi connectivity index (χ4v) is 6.64.